The number of hydrogen-bond acceptors (Lipinski definition) is 4. The molecule has 502 valence electrons. The van der Waals surface area contributed by atoms with Crippen molar-refractivity contribution in [2.75, 3.05) is 4.90 Å². The Bertz CT molecular complexity index is 5560. The third kappa shape index (κ3) is 9.98. The van der Waals surface area contributed by atoms with Gasteiger partial charge in [-0.1, -0.05) is 264 Å². The molecule has 0 saturated heterocycles. The zero-order valence-corrected chi connectivity index (χ0v) is 57.7. The summed E-state index contributed by atoms with van der Waals surface area (Å²) < 4.78 is 51.5. The Labute approximate surface area is 606 Å². The van der Waals surface area contributed by atoms with Crippen LogP contribution in [0.25, 0.3) is 33.9 Å². The monoisotopic (exact) mass is 1350 g/mol. The smallest absolute Gasteiger partial charge is 0.140 e. The standard InChI is InChI=1S/C98H73F2NO3/c1-6-65-28-49-76(50-29-65)102-78-53-38-70(39-54-78)96(68-34-42-72(99)43-35-68)86-21-11-8-17-80(86)64(5)92(96)60-63(4)101(74-46-32-67(33-47-74)81-20-16-25-91-95(81)104-94-26-15-14-24-90(94)98(91)87-22-12-9-18-82(87)83-19-10-13-23-88(83)98)75-48-57-84-85-59-62(3)27-58-89(85)97(93(84)61-75,69-36-44-73(100)45-37-69)71-40-55-79(56-41-71)103-77-51-30-66(7-2)31-52-77/h6-47,49-51,53-58,60-62,75,77H,1-2,4-5,48,52,59H2,3H3/b92-60+. The van der Waals surface area contributed by atoms with E-state index in [4.69, 9.17) is 27.4 Å². The molecule has 1 heterocycles. The average Bonchev–Trinajstić information content (AvgIpc) is 1.48. The summed E-state index contributed by atoms with van der Waals surface area (Å²) in [5.41, 5.74) is 22.5. The van der Waals surface area contributed by atoms with Crippen LogP contribution in [0.15, 0.2) is 381 Å². The van der Waals surface area contributed by atoms with Crippen molar-refractivity contribution in [3.05, 3.63) is 454 Å². The summed E-state index contributed by atoms with van der Waals surface area (Å²) in [6.45, 7) is 20.4. The molecule has 5 unspecified atom stereocenters. The molecule has 0 bridgehead atoms. The Morgan fingerprint density at radius 3 is 1.68 bits per heavy atom. The molecule has 1 spiro atoms. The van der Waals surface area contributed by atoms with Crippen LogP contribution in [0.4, 0.5) is 14.5 Å². The molecular formula is C98H73F2NO3. The molecule has 0 amide bonds. The maximum atomic E-state index is 15.6. The van der Waals surface area contributed by atoms with E-state index in [-0.39, 0.29) is 29.7 Å². The van der Waals surface area contributed by atoms with Gasteiger partial charge in [0.15, 0.2) is 0 Å². The van der Waals surface area contributed by atoms with E-state index in [1.165, 1.54) is 39.0 Å². The molecule has 0 fully saturated rings. The number of allylic oxidation sites excluding steroid dienone is 12. The van der Waals surface area contributed by atoms with Crippen LogP contribution >= 0.6 is 0 Å². The lowest BCUT2D eigenvalue weighted by atomic mass is 9.65. The molecular weight excluding hydrogens is 1280 g/mol. The van der Waals surface area contributed by atoms with Gasteiger partial charge in [-0.2, -0.15) is 0 Å². The summed E-state index contributed by atoms with van der Waals surface area (Å²) in [4.78, 5) is 2.39. The molecule has 4 nitrogen and oxygen atoms in total. The molecule has 7 aliphatic rings. The van der Waals surface area contributed by atoms with E-state index < -0.39 is 16.2 Å². The molecule has 11 aromatic rings. The maximum Gasteiger partial charge on any atom is 0.140 e. The SMILES string of the molecule is C=CC1=CCC(Oc2ccc(C3(c4ccc(F)cc4)C4=CC(N(C(=C)/C=C5\C(=C)c6ccccc6C5(c5ccc(F)cc5)c5ccc(Oc6ccc(C=C)cc6)cc5)c5ccc(-c6cccc7c6Oc6ccccc6C76c7ccccc7-c7ccccc76)cc5)CC=C4C4=C3C=CC(C)C4)cc2)C=C1. The van der Waals surface area contributed by atoms with Gasteiger partial charge < -0.3 is 19.1 Å². The summed E-state index contributed by atoms with van der Waals surface area (Å²) in [5.74, 6) is 3.38. The number of benzene rings is 11. The number of hydrogen-bond donors (Lipinski definition) is 0. The predicted octanol–water partition coefficient (Wildman–Crippen LogP) is 24.2. The second kappa shape index (κ2) is 25.3. The molecule has 104 heavy (non-hydrogen) atoms. The van der Waals surface area contributed by atoms with Gasteiger partial charge in [0, 0.05) is 34.5 Å². The number of anilines is 1. The summed E-state index contributed by atoms with van der Waals surface area (Å²) in [6, 6.07) is 88.4. The van der Waals surface area contributed by atoms with Gasteiger partial charge in [0.25, 0.3) is 0 Å². The van der Waals surface area contributed by atoms with E-state index in [1.807, 2.05) is 72.8 Å². The molecule has 0 radical (unpaired) electrons. The summed E-state index contributed by atoms with van der Waals surface area (Å²) in [6.07, 6.45) is 23.8. The van der Waals surface area contributed by atoms with Crippen LogP contribution in [-0.4, -0.2) is 12.1 Å². The lowest BCUT2D eigenvalue weighted by Crippen LogP contribution is -2.37. The fourth-order valence-electron chi connectivity index (χ4n) is 18.0. The minimum absolute atomic E-state index is 0.133. The zero-order valence-electron chi connectivity index (χ0n) is 57.7. The summed E-state index contributed by atoms with van der Waals surface area (Å²) in [5, 5.41) is 0. The van der Waals surface area contributed by atoms with Crippen LogP contribution in [0.5, 0.6) is 28.7 Å². The van der Waals surface area contributed by atoms with Crippen LogP contribution < -0.4 is 19.1 Å². The first-order valence-corrected chi connectivity index (χ1v) is 35.8. The van der Waals surface area contributed by atoms with Gasteiger partial charge in [-0.15, -0.1) is 0 Å². The molecule has 0 N–H and O–H groups in total. The number of nitrogens with zero attached hydrogens (tertiary/aromatic N) is 1. The first-order valence-electron chi connectivity index (χ1n) is 35.8. The Morgan fingerprint density at radius 1 is 0.519 bits per heavy atom. The molecule has 6 aliphatic carbocycles. The van der Waals surface area contributed by atoms with Crippen molar-refractivity contribution >= 4 is 17.3 Å². The highest BCUT2D eigenvalue weighted by Gasteiger charge is 2.54. The minimum Gasteiger partial charge on any atom is -0.486 e. The zero-order chi connectivity index (χ0) is 70.4. The van der Waals surface area contributed by atoms with Crippen molar-refractivity contribution in [3.63, 3.8) is 0 Å². The van der Waals surface area contributed by atoms with E-state index in [1.54, 1.807) is 24.3 Å². The molecule has 1 aliphatic heterocycles. The number of ether oxygens (including phenoxy) is 3. The second-order valence-corrected chi connectivity index (χ2v) is 28.1. The van der Waals surface area contributed by atoms with E-state index in [0.29, 0.717) is 23.6 Å². The predicted molar refractivity (Wildman–Crippen MR) is 418 cm³/mol. The number of rotatable bonds is 15. The third-order valence-electron chi connectivity index (χ3n) is 22.5. The van der Waals surface area contributed by atoms with Crippen molar-refractivity contribution < 1.29 is 23.0 Å². The molecule has 11 aromatic carbocycles. The van der Waals surface area contributed by atoms with E-state index in [0.717, 1.165) is 119 Å². The first-order chi connectivity index (χ1) is 51.0. The Morgan fingerprint density at radius 2 is 1.07 bits per heavy atom. The Balaban J connectivity index is 0.818. The van der Waals surface area contributed by atoms with E-state index in [2.05, 4.69) is 250 Å². The van der Waals surface area contributed by atoms with Gasteiger partial charge in [-0.05, 0) is 216 Å². The summed E-state index contributed by atoms with van der Waals surface area (Å²) >= 11 is 0. The number of para-hydroxylation sites is 2. The van der Waals surface area contributed by atoms with Crippen molar-refractivity contribution in [1.82, 2.24) is 0 Å². The van der Waals surface area contributed by atoms with Crippen LogP contribution in [0.1, 0.15) is 87.4 Å². The summed E-state index contributed by atoms with van der Waals surface area (Å²) in [7, 11) is 0. The average molecular weight is 1350 g/mol. The van der Waals surface area contributed by atoms with E-state index >= 15 is 8.78 Å². The minimum atomic E-state index is -1.02. The second-order valence-electron chi connectivity index (χ2n) is 28.1. The highest BCUT2D eigenvalue weighted by molar-refractivity contribution is 5.95. The van der Waals surface area contributed by atoms with Crippen LogP contribution in [0.2, 0.25) is 0 Å². The fraction of sp³-hybridized carbons (Fsp3) is 0.102. The molecule has 18 rings (SSSR count). The van der Waals surface area contributed by atoms with Gasteiger partial charge >= 0.3 is 0 Å². The van der Waals surface area contributed by atoms with Gasteiger partial charge in [-0.3, -0.25) is 0 Å². The Kier molecular flexibility index (Phi) is 15.5. The lowest BCUT2D eigenvalue weighted by Gasteiger charge is -2.40. The molecule has 5 atom stereocenters. The normalized spacial score (nSPS) is 20.7. The molecule has 0 aromatic heterocycles. The van der Waals surface area contributed by atoms with Gasteiger partial charge in [0.05, 0.1) is 22.3 Å². The van der Waals surface area contributed by atoms with E-state index in [9.17, 15) is 0 Å². The highest BCUT2D eigenvalue weighted by atomic mass is 19.1. The van der Waals surface area contributed by atoms with Crippen LogP contribution in [-0.2, 0) is 16.2 Å². The van der Waals surface area contributed by atoms with Gasteiger partial charge in [0.2, 0.25) is 0 Å². The highest BCUT2D eigenvalue weighted by Crippen LogP contribution is 2.65. The van der Waals surface area contributed by atoms with Crippen LogP contribution in [0, 0.1) is 17.6 Å². The van der Waals surface area contributed by atoms with Gasteiger partial charge in [0.1, 0.15) is 46.5 Å². The first kappa shape index (κ1) is 63.8. The number of fused-ring (bicyclic) bond motifs is 12. The quantitative estimate of drug-likeness (QED) is 0.102. The Hall–Kier alpha value is -12.4. The maximum absolute atomic E-state index is 15.6. The van der Waals surface area contributed by atoms with Crippen molar-refractivity contribution in [2.45, 2.75) is 54.6 Å². The fourth-order valence-corrected chi connectivity index (χ4v) is 18.0. The number of halogens is 2. The van der Waals surface area contributed by atoms with Crippen molar-refractivity contribution in [3.8, 4) is 51.0 Å². The molecule has 0 saturated carbocycles. The topological polar surface area (TPSA) is 30.9 Å². The third-order valence-corrected chi connectivity index (χ3v) is 22.5. The van der Waals surface area contributed by atoms with Crippen molar-refractivity contribution in [2.24, 2.45) is 5.92 Å². The van der Waals surface area contributed by atoms with Gasteiger partial charge in [-0.25, -0.2) is 8.78 Å². The van der Waals surface area contributed by atoms with Crippen molar-refractivity contribution in [1.29, 1.82) is 0 Å². The lowest BCUT2D eigenvalue weighted by molar-refractivity contribution is 0.251. The molecule has 6 heteroatoms. The largest absolute Gasteiger partial charge is 0.486 e. The van der Waals surface area contributed by atoms with Crippen LogP contribution in [0.3, 0.4) is 0 Å².